The third-order valence-corrected chi connectivity index (χ3v) is 7.43. The van der Waals surface area contributed by atoms with Crippen molar-refractivity contribution in [1.29, 1.82) is 0 Å². The first-order chi connectivity index (χ1) is 19.9. The predicted molar refractivity (Wildman–Crippen MR) is 155 cm³/mol. The second kappa shape index (κ2) is 12.3. The molecule has 232 valence electrons. The van der Waals surface area contributed by atoms with Gasteiger partial charge in [-0.3, -0.25) is 4.57 Å². The first-order valence-electron chi connectivity index (χ1n) is 12.6. The molecule has 12 nitrogen and oxygen atoms in total. The molecule has 2 aromatic heterocycles. The number of nitrogens with one attached hydrogen (secondary N) is 2. The van der Waals surface area contributed by atoms with Crippen molar-refractivity contribution in [1.82, 2.24) is 33.8 Å². The molecule has 18 heteroatoms. The largest absolute Gasteiger partial charge is 0.416 e. The van der Waals surface area contributed by atoms with E-state index >= 15 is 0 Å². The molecule has 43 heavy (non-hydrogen) atoms. The second-order valence-corrected chi connectivity index (χ2v) is 12.9. The Morgan fingerprint density at radius 3 is 2.30 bits per heavy atom. The van der Waals surface area contributed by atoms with Gasteiger partial charge in [0.15, 0.2) is 17.8 Å². The molecular weight excluding hydrogens is 636 g/mol. The van der Waals surface area contributed by atoms with E-state index in [9.17, 15) is 31.5 Å². The van der Waals surface area contributed by atoms with Crippen molar-refractivity contribution in [2.45, 2.75) is 44.8 Å². The molecule has 2 aromatic carbocycles. The molecule has 0 aliphatic heterocycles. The van der Waals surface area contributed by atoms with Crippen LogP contribution in [0.1, 0.15) is 19.7 Å². The number of sulfonamides is 1. The van der Waals surface area contributed by atoms with Gasteiger partial charge in [-0.25, -0.2) is 22.6 Å². The lowest BCUT2D eigenvalue weighted by molar-refractivity contribution is -0.207. The number of hydrogen-bond donors (Lipinski definition) is 3. The standard InChI is InChI=1S/C25H27Cl2F3N8O4S/c1-24(2,35-43(3,41)42)14-31-22-32-20(33-38(22)18-7-5-4-6-17(18)27)13-37-23(40)36(12-19(39)25(28,29)30)21(34-37)15-8-10-16(26)11-9-15/h4-11,19,35,39H,12-14H2,1-3H3,(H,31,32,33)/t19-/m0/s1. The van der Waals surface area contributed by atoms with E-state index in [-0.39, 0.29) is 36.3 Å². The normalized spacial score (nSPS) is 13.3. The number of aliphatic hydroxyl groups is 1. The van der Waals surface area contributed by atoms with Crippen molar-refractivity contribution in [3.63, 3.8) is 0 Å². The number of nitrogens with zero attached hydrogens (tertiary/aromatic N) is 6. The molecule has 3 N–H and O–H groups in total. The van der Waals surface area contributed by atoms with E-state index in [0.29, 0.717) is 20.3 Å². The first-order valence-corrected chi connectivity index (χ1v) is 15.2. The van der Waals surface area contributed by atoms with Crippen LogP contribution in [0.2, 0.25) is 10.0 Å². The molecule has 0 radical (unpaired) electrons. The quantitative estimate of drug-likeness (QED) is 0.222. The topological polar surface area (TPSA) is 149 Å². The number of halogens is 5. The Balaban J connectivity index is 1.74. The highest BCUT2D eigenvalue weighted by Gasteiger charge is 2.39. The Labute approximate surface area is 254 Å². The van der Waals surface area contributed by atoms with Gasteiger partial charge in [-0.15, -0.1) is 10.2 Å². The van der Waals surface area contributed by atoms with Crippen LogP contribution in [0.4, 0.5) is 19.1 Å². The van der Waals surface area contributed by atoms with Gasteiger partial charge in [0.05, 0.1) is 23.5 Å². The molecule has 0 unspecified atom stereocenters. The Kier molecular flexibility index (Phi) is 9.27. The number of alkyl halides is 3. The fourth-order valence-electron chi connectivity index (χ4n) is 4.10. The van der Waals surface area contributed by atoms with E-state index in [2.05, 4.69) is 25.2 Å². The Morgan fingerprint density at radius 2 is 1.70 bits per heavy atom. The van der Waals surface area contributed by atoms with E-state index < -0.39 is 40.1 Å². The maximum absolute atomic E-state index is 13.3. The minimum atomic E-state index is -4.98. The Morgan fingerprint density at radius 1 is 1.05 bits per heavy atom. The summed E-state index contributed by atoms with van der Waals surface area (Å²) in [4.78, 5) is 17.7. The third kappa shape index (κ3) is 8.14. The lowest BCUT2D eigenvalue weighted by Crippen LogP contribution is -2.48. The molecule has 0 bridgehead atoms. The van der Waals surface area contributed by atoms with E-state index in [1.165, 1.54) is 28.9 Å². The highest BCUT2D eigenvalue weighted by molar-refractivity contribution is 7.88. The van der Waals surface area contributed by atoms with E-state index in [4.69, 9.17) is 23.2 Å². The Bertz CT molecular complexity index is 1770. The summed E-state index contributed by atoms with van der Waals surface area (Å²) in [5.41, 5.74) is -1.21. The van der Waals surface area contributed by atoms with Crippen molar-refractivity contribution in [3.8, 4) is 17.1 Å². The number of anilines is 1. The molecule has 0 aliphatic carbocycles. The number of rotatable bonds is 11. The molecule has 2 heterocycles. The van der Waals surface area contributed by atoms with Crippen LogP contribution in [-0.2, 0) is 23.1 Å². The van der Waals surface area contributed by atoms with Gasteiger partial charge in [0, 0.05) is 22.7 Å². The zero-order valence-electron chi connectivity index (χ0n) is 23.0. The number of para-hydroxylation sites is 1. The van der Waals surface area contributed by atoms with Crippen molar-refractivity contribution in [2.75, 3.05) is 18.1 Å². The summed E-state index contributed by atoms with van der Waals surface area (Å²) < 4.78 is 68.6. The van der Waals surface area contributed by atoms with Crippen LogP contribution in [0.15, 0.2) is 53.3 Å². The van der Waals surface area contributed by atoms with Gasteiger partial charge in [-0.2, -0.15) is 22.8 Å². The van der Waals surface area contributed by atoms with Crippen LogP contribution in [0, 0.1) is 0 Å². The van der Waals surface area contributed by atoms with Crippen molar-refractivity contribution >= 4 is 39.2 Å². The van der Waals surface area contributed by atoms with Crippen LogP contribution in [0.25, 0.3) is 17.1 Å². The maximum Gasteiger partial charge on any atom is 0.416 e. The molecule has 0 saturated heterocycles. The van der Waals surface area contributed by atoms with Gasteiger partial charge in [-0.05, 0) is 50.2 Å². The molecule has 1 atom stereocenters. The minimum Gasteiger partial charge on any atom is -0.382 e. The maximum atomic E-state index is 13.3. The summed E-state index contributed by atoms with van der Waals surface area (Å²) in [6.45, 7) is 1.89. The van der Waals surface area contributed by atoms with E-state index in [1.807, 2.05) is 0 Å². The summed E-state index contributed by atoms with van der Waals surface area (Å²) >= 11 is 12.3. The zero-order chi connectivity index (χ0) is 31.7. The molecule has 0 spiro atoms. The highest BCUT2D eigenvalue weighted by atomic mass is 35.5. The molecule has 0 amide bonds. The molecule has 0 aliphatic rings. The average Bonchev–Trinajstić information content (AvgIpc) is 3.42. The summed E-state index contributed by atoms with van der Waals surface area (Å²) in [7, 11) is -3.54. The summed E-state index contributed by atoms with van der Waals surface area (Å²) in [5, 5.41) is 22.1. The monoisotopic (exact) mass is 662 g/mol. The lowest BCUT2D eigenvalue weighted by Gasteiger charge is -2.25. The molecule has 4 rings (SSSR count). The van der Waals surface area contributed by atoms with E-state index in [1.54, 1.807) is 38.1 Å². The average molecular weight is 664 g/mol. The SMILES string of the molecule is CC(C)(CNc1nc(Cn2nc(-c3ccc(Cl)cc3)n(C[C@H](O)C(F)(F)F)c2=O)nn1-c1ccccc1Cl)NS(C)(=O)=O. The van der Waals surface area contributed by atoms with Crippen LogP contribution >= 0.6 is 23.2 Å². The van der Waals surface area contributed by atoms with Crippen molar-refractivity contribution < 1.29 is 26.7 Å². The number of aromatic nitrogens is 6. The molecular formula is C25H27Cl2F3N8O4S. The van der Waals surface area contributed by atoms with Gasteiger partial charge >= 0.3 is 11.9 Å². The number of benzene rings is 2. The predicted octanol–water partition coefficient (Wildman–Crippen LogP) is 3.31. The van der Waals surface area contributed by atoms with E-state index in [0.717, 1.165) is 10.9 Å². The van der Waals surface area contributed by atoms with Gasteiger partial charge in [0.2, 0.25) is 16.0 Å². The Hall–Kier alpha value is -3.44. The minimum absolute atomic E-state index is 0.0297. The fourth-order valence-corrected chi connectivity index (χ4v) is 5.51. The fraction of sp³-hybridized carbons (Fsp3) is 0.360. The summed E-state index contributed by atoms with van der Waals surface area (Å²) in [6, 6.07) is 12.6. The van der Waals surface area contributed by atoms with Gasteiger partial charge < -0.3 is 10.4 Å². The van der Waals surface area contributed by atoms with Crippen molar-refractivity contribution in [2.24, 2.45) is 0 Å². The highest BCUT2D eigenvalue weighted by Crippen LogP contribution is 2.25. The third-order valence-electron chi connectivity index (χ3n) is 5.93. The van der Waals surface area contributed by atoms with Gasteiger partial charge in [0.25, 0.3) is 0 Å². The molecule has 4 aromatic rings. The zero-order valence-corrected chi connectivity index (χ0v) is 25.3. The smallest absolute Gasteiger partial charge is 0.382 e. The van der Waals surface area contributed by atoms with Crippen LogP contribution in [0.3, 0.4) is 0 Å². The first kappa shape index (κ1) is 32.5. The molecule has 0 saturated carbocycles. The van der Waals surface area contributed by atoms with Crippen molar-refractivity contribution in [3.05, 3.63) is 74.9 Å². The molecule has 0 fully saturated rings. The summed E-state index contributed by atoms with van der Waals surface area (Å²) in [6.07, 6.45) is -6.78. The lowest BCUT2D eigenvalue weighted by atomic mass is 10.1. The van der Waals surface area contributed by atoms with Crippen LogP contribution in [-0.4, -0.2) is 73.3 Å². The number of aliphatic hydroxyl groups excluding tert-OH is 1. The number of hydrogen-bond acceptors (Lipinski definition) is 8. The van der Waals surface area contributed by atoms with Crippen LogP contribution in [0.5, 0.6) is 0 Å². The van der Waals surface area contributed by atoms with Gasteiger partial charge in [0.1, 0.15) is 6.54 Å². The van der Waals surface area contributed by atoms with Gasteiger partial charge in [-0.1, -0.05) is 35.3 Å². The van der Waals surface area contributed by atoms with Crippen LogP contribution < -0.4 is 15.7 Å². The second-order valence-electron chi connectivity index (χ2n) is 10.3. The summed E-state index contributed by atoms with van der Waals surface area (Å²) in [5.74, 6) is 0.0360.